The van der Waals surface area contributed by atoms with E-state index in [4.69, 9.17) is 17.0 Å². The second-order valence-electron chi connectivity index (χ2n) is 17.3. The average molecular weight is 974 g/mol. The van der Waals surface area contributed by atoms with Crippen molar-refractivity contribution in [3.8, 4) is 0 Å². The molecular weight excluding hydrogens is 903 g/mol. The van der Waals surface area contributed by atoms with Crippen LogP contribution >= 0.6 is 11.8 Å². The molecule has 1 aliphatic heterocycles. The Hall–Kier alpha value is -6.13. The number of aliphatic carboxylic acids is 1. The molecule has 0 aliphatic carbocycles. The molecule has 0 aromatic heterocycles. The van der Waals surface area contributed by atoms with Gasteiger partial charge in [-0.05, 0) is 86.5 Å². The van der Waals surface area contributed by atoms with E-state index < -0.39 is 108 Å². The Bertz CT molecular complexity index is 1920. The molecule has 0 bridgehead atoms. The van der Waals surface area contributed by atoms with E-state index in [9.17, 15) is 48.3 Å². The molecule has 68 heavy (non-hydrogen) atoms. The molecule has 1 heterocycles. The van der Waals surface area contributed by atoms with Gasteiger partial charge in [-0.3, -0.25) is 48.6 Å². The van der Waals surface area contributed by atoms with Crippen LogP contribution in [0.15, 0.2) is 35.6 Å². The molecule has 8 amide bonds. The molecule has 12 N–H and O–H groups in total. The molecule has 1 aromatic rings. The van der Waals surface area contributed by atoms with Crippen LogP contribution in [0.25, 0.3) is 10.4 Å². The van der Waals surface area contributed by atoms with E-state index in [1.165, 1.54) is 23.6 Å². The maximum absolute atomic E-state index is 14.4. The Morgan fingerprint density at radius 3 is 2.04 bits per heavy atom. The van der Waals surface area contributed by atoms with Gasteiger partial charge in [0, 0.05) is 13.0 Å². The maximum Gasteiger partial charge on any atom is 0.305 e. The number of carbonyl (C=O) groups is 9. The highest BCUT2D eigenvalue weighted by atomic mass is 32.2. The molecule has 2 rings (SSSR count). The lowest BCUT2D eigenvalue weighted by Gasteiger charge is -2.30. The zero-order valence-electron chi connectivity index (χ0n) is 39.8. The first-order valence-electron chi connectivity index (χ1n) is 22.9. The number of nitrogens with zero attached hydrogens (tertiary/aromatic N) is 4. The number of carbonyl (C=O) groups excluding carboxylic acids is 8. The van der Waals surface area contributed by atoms with Gasteiger partial charge < -0.3 is 53.4 Å². The summed E-state index contributed by atoms with van der Waals surface area (Å²) in [6, 6.07) is -0.809. The number of carboxylic acids is 1. The molecular formula is C44H71N13O10S. The van der Waals surface area contributed by atoms with Crippen LogP contribution in [-0.4, -0.2) is 137 Å². The number of rotatable bonds is 31. The summed E-state index contributed by atoms with van der Waals surface area (Å²) in [6.45, 7) is 9.16. The number of likely N-dealkylation sites (tertiary alicyclic amines) is 1. The van der Waals surface area contributed by atoms with E-state index in [-0.39, 0.29) is 37.6 Å². The highest BCUT2D eigenvalue weighted by molar-refractivity contribution is 7.98. The minimum absolute atomic E-state index is 0.0377. The van der Waals surface area contributed by atoms with Gasteiger partial charge in [-0.2, -0.15) is 16.7 Å². The van der Waals surface area contributed by atoms with Gasteiger partial charge in [0.15, 0.2) is 0 Å². The SMILES string of the molecule is CC[C@H](C)[C@H](NC(=O)[C@H](CCSC)NC(=O)[C@H](Cc1ccccc1)NC(=O)[C@H](CCCCNN=[N+]=[N-])NC(=O)[C@@H]1CCCN1C(=O)[C@@H](N)CC(C)C)C(=O)N[C@@H](CC(=O)O)C(=O)N[C@@H](C)C(N)=O. The van der Waals surface area contributed by atoms with E-state index in [2.05, 4.69) is 47.5 Å². The molecule has 0 saturated carbocycles. The van der Waals surface area contributed by atoms with Gasteiger partial charge in [0.1, 0.15) is 42.3 Å². The Kier molecular flexibility index (Phi) is 25.8. The third kappa shape index (κ3) is 20.0. The number of unbranched alkanes of at least 4 members (excludes halogenated alkanes) is 1. The van der Waals surface area contributed by atoms with Crippen LogP contribution in [0.2, 0.25) is 0 Å². The first kappa shape index (κ1) is 58.0. The van der Waals surface area contributed by atoms with Gasteiger partial charge in [0.25, 0.3) is 0 Å². The lowest BCUT2D eigenvalue weighted by Crippen LogP contribution is -2.61. The molecule has 0 radical (unpaired) electrons. The Labute approximate surface area is 401 Å². The van der Waals surface area contributed by atoms with Crippen LogP contribution in [0.3, 0.4) is 0 Å². The minimum atomic E-state index is -1.64. The summed E-state index contributed by atoms with van der Waals surface area (Å²) in [5, 5.41) is 28.5. The highest BCUT2D eigenvalue weighted by Gasteiger charge is 2.39. The lowest BCUT2D eigenvalue weighted by atomic mass is 9.97. The largest absolute Gasteiger partial charge is 0.481 e. The lowest BCUT2D eigenvalue weighted by molar-refractivity contribution is -0.141. The fraction of sp³-hybridized carbons (Fsp3) is 0.659. The summed E-state index contributed by atoms with van der Waals surface area (Å²) in [4.78, 5) is 124. The van der Waals surface area contributed by atoms with Gasteiger partial charge in [-0.15, -0.1) is 5.53 Å². The van der Waals surface area contributed by atoms with Crippen molar-refractivity contribution < 1.29 is 48.3 Å². The van der Waals surface area contributed by atoms with Crippen molar-refractivity contribution in [2.45, 2.75) is 147 Å². The van der Waals surface area contributed by atoms with E-state index in [0.29, 0.717) is 56.4 Å². The van der Waals surface area contributed by atoms with Crippen LogP contribution in [-0.2, 0) is 49.6 Å². The van der Waals surface area contributed by atoms with Crippen LogP contribution in [0.1, 0.15) is 98.0 Å². The standard InChI is InChI=1S/C44H71N13O10S/c1-7-26(4)36(43(66)53-33(24-35(58)59)40(63)49-27(5)37(46)60)54-39(62)31(18-21-68-6)50-41(64)32(23-28-14-9-8-10-15-28)52-38(61)30(16-11-12-19-48-56-55-47)51-42(65)34-17-13-20-57(34)44(67)29(45)22-25(2)3/h8-10,14-15,25-27,29-34,36,48H,7,11-13,16-24,45H2,1-6H3,(H2,46,60)(H,49,63)(H,50,64)(H,51,65)(H,52,61)(H,53,66)(H,54,62)(H,58,59)/t26-,27-,29-,30-,31-,32-,33-,34-,36-/m0/s1. The third-order valence-corrected chi connectivity index (χ3v) is 12.1. The third-order valence-electron chi connectivity index (χ3n) is 11.4. The van der Waals surface area contributed by atoms with E-state index in [1.54, 1.807) is 50.4 Å². The Morgan fingerprint density at radius 2 is 1.44 bits per heavy atom. The first-order chi connectivity index (χ1) is 32.2. The predicted molar refractivity (Wildman–Crippen MR) is 254 cm³/mol. The number of hydrogen-bond donors (Lipinski definition) is 10. The number of nitrogens with one attached hydrogen (secondary N) is 7. The van der Waals surface area contributed by atoms with Crippen LogP contribution in [0.5, 0.6) is 0 Å². The summed E-state index contributed by atoms with van der Waals surface area (Å²) < 4.78 is 0. The maximum atomic E-state index is 14.4. The average Bonchev–Trinajstić information content (AvgIpc) is 3.79. The Morgan fingerprint density at radius 1 is 0.838 bits per heavy atom. The molecule has 0 unspecified atom stereocenters. The molecule has 1 aliphatic rings. The van der Waals surface area contributed by atoms with Crippen LogP contribution < -0.4 is 48.8 Å². The smallest absolute Gasteiger partial charge is 0.305 e. The zero-order chi connectivity index (χ0) is 50.9. The number of carboxylic acid groups (broad SMARTS) is 1. The predicted octanol–water partition coefficient (Wildman–Crippen LogP) is 0.267. The molecule has 1 aromatic carbocycles. The van der Waals surface area contributed by atoms with Gasteiger partial charge in [-0.1, -0.05) is 64.4 Å². The fourth-order valence-electron chi connectivity index (χ4n) is 7.39. The number of amides is 8. The van der Waals surface area contributed by atoms with Gasteiger partial charge in [-0.25, -0.2) is 0 Å². The Balaban J connectivity index is 2.45. The molecule has 1 saturated heterocycles. The van der Waals surface area contributed by atoms with E-state index >= 15 is 0 Å². The second kappa shape index (κ2) is 30.3. The number of primary amides is 1. The number of thioether (sulfide) groups is 1. The molecule has 9 atom stereocenters. The minimum Gasteiger partial charge on any atom is -0.481 e. The van der Waals surface area contributed by atoms with Crippen molar-refractivity contribution in [1.29, 1.82) is 0 Å². The summed E-state index contributed by atoms with van der Waals surface area (Å²) >= 11 is 1.38. The quantitative estimate of drug-likeness (QED) is 0.0157. The molecule has 24 heteroatoms. The summed E-state index contributed by atoms with van der Waals surface area (Å²) in [5.41, 5.74) is 23.3. The number of hydrogen-bond acceptors (Lipinski definition) is 12. The second-order valence-corrected chi connectivity index (χ2v) is 18.3. The van der Waals surface area contributed by atoms with E-state index in [0.717, 1.165) is 0 Å². The number of azide groups is 1. The molecule has 23 nitrogen and oxygen atoms in total. The molecule has 1 fully saturated rings. The molecule has 378 valence electrons. The normalized spacial score (nSPS) is 16.8. The van der Waals surface area contributed by atoms with Gasteiger partial charge in [0.2, 0.25) is 47.3 Å². The number of benzene rings is 1. The zero-order valence-corrected chi connectivity index (χ0v) is 40.6. The monoisotopic (exact) mass is 974 g/mol. The van der Waals surface area contributed by atoms with Crippen molar-refractivity contribution in [2.75, 3.05) is 25.1 Å². The topological polar surface area (TPSA) is 362 Å². The van der Waals surface area contributed by atoms with Crippen molar-refractivity contribution >= 4 is 65.0 Å². The highest BCUT2D eigenvalue weighted by Crippen LogP contribution is 2.21. The summed E-state index contributed by atoms with van der Waals surface area (Å²) in [7, 11) is 0. The van der Waals surface area contributed by atoms with Crippen molar-refractivity contribution in [3.05, 3.63) is 46.3 Å². The van der Waals surface area contributed by atoms with E-state index in [1.807, 2.05) is 13.8 Å². The van der Waals surface area contributed by atoms with Crippen LogP contribution in [0.4, 0.5) is 0 Å². The fourth-order valence-corrected chi connectivity index (χ4v) is 7.86. The van der Waals surface area contributed by atoms with Crippen molar-refractivity contribution in [3.63, 3.8) is 0 Å². The summed E-state index contributed by atoms with van der Waals surface area (Å²) in [6.07, 6.45) is 3.55. The van der Waals surface area contributed by atoms with Crippen molar-refractivity contribution in [1.82, 2.24) is 42.2 Å². The number of nitrogens with two attached hydrogens (primary N) is 2. The van der Waals surface area contributed by atoms with Gasteiger partial charge in [0.05, 0.1) is 19.0 Å². The first-order valence-corrected chi connectivity index (χ1v) is 24.3. The van der Waals surface area contributed by atoms with Gasteiger partial charge >= 0.3 is 5.97 Å². The molecule has 0 spiro atoms. The van der Waals surface area contributed by atoms with Crippen LogP contribution in [0, 0.1) is 11.8 Å². The van der Waals surface area contributed by atoms with Crippen molar-refractivity contribution in [2.24, 2.45) is 28.5 Å². The summed E-state index contributed by atoms with van der Waals surface area (Å²) in [5.74, 6) is -7.42.